The first-order chi connectivity index (χ1) is 12.0. The van der Waals surface area contributed by atoms with Crippen molar-refractivity contribution in [3.8, 4) is 16.9 Å². The number of carbonyl (C=O) groups excluding carboxylic acids is 2. The van der Waals surface area contributed by atoms with Gasteiger partial charge in [0.15, 0.2) is 0 Å². The lowest BCUT2D eigenvalue weighted by molar-refractivity contribution is -0.121. The van der Waals surface area contributed by atoms with Crippen molar-refractivity contribution < 1.29 is 18.7 Å². The monoisotopic (exact) mass is 342 g/mol. The molecule has 130 valence electrons. The number of primary amides is 1. The predicted molar refractivity (Wildman–Crippen MR) is 91.6 cm³/mol. The number of nitrogens with two attached hydrogens (primary N) is 1. The molecule has 5 nitrogen and oxygen atoms in total. The molecule has 0 aromatic heterocycles. The van der Waals surface area contributed by atoms with Gasteiger partial charge in [0.2, 0.25) is 5.91 Å². The summed E-state index contributed by atoms with van der Waals surface area (Å²) in [6.07, 6.45) is 1.21. The van der Waals surface area contributed by atoms with Crippen LogP contribution in [0.25, 0.3) is 11.1 Å². The van der Waals surface area contributed by atoms with Gasteiger partial charge in [0.05, 0.1) is 12.7 Å². The Bertz CT molecular complexity index is 805. The lowest BCUT2D eigenvalue weighted by Gasteiger charge is -2.22. The van der Waals surface area contributed by atoms with Crippen LogP contribution in [0, 0.1) is 5.82 Å². The number of amides is 2. The summed E-state index contributed by atoms with van der Waals surface area (Å²) in [4.78, 5) is 25.4. The average molecular weight is 342 g/mol. The van der Waals surface area contributed by atoms with E-state index in [2.05, 4.69) is 0 Å². The molecule has 1 saturated heterocycles. The Labute approximate surface area is 145 Å². The standard InChI is InChI=1S/C19H19FN2O3/c1-25-14-7-4-12(5-8-14)13-6-9-15(16(20)11-13)19(24)22-10-2-3-17(22)18(21)23/h4-9,11,17H,2-3,10H2,1H3,(H2,21,23). The zero-order chi connectivity index (χ0) is 18.0. The number of ether oxygens (including phenoxy) is 1. The summed E-state index contributed by atoms with van der Waals surface area (Å²) in [7, 11) is 1.58. The summed E-state index contributed by atoms with van der Waals surface area (Å²) in [6.45, 7) is 0.409. The number of rotatable bonds is 4. The third-order valence-corrected chi connectivity index (χ3v) is 4.46. The first-order valence-electron chi connectivity index (χ1n) is 8.05. The molecule has 2 N–H and O–H groups in total. The Hall–Kier alpha value is -2.89. The summed E-state index contributed by atoms with van der Waals surface area (Å²) in [5.74, 6) is -0.961. The Balaban J connectivity index is 1.86. The van der Waals surface area contributed by atoms with Gasteiger partial charge in [0.25, 0.3) is 5.91 Å². The molecule has 0 radical (unpaired) electrons. The van der Waals surface area contributed by atoms with E-state index in [-0.39, 0.29) is 5.56 Å². The van der Waals surface area contributed by atoms with Crippen LogP contribution in [-0.4, -0.2) is 36.4 Å². The first-order valence-corrected chi connectivity index (χ1v) is 8.05. The molecule has 6 heteroatoms. The van der Waals surface area contributed by atoms with Gasteiger partial charge in [0.1, 0.15) is 17.6 Å². The van der Waals surface area contributed by atoms with E-state index >= 15 is 0 Å². The predicted octanol–water partition coefficient (Wildman–Crippen LogP) is 2.59. The number of likely N-dealkylation sites (tertiary alicyclic amines) is 1. The van der Waals surface area contributed by atoms with E-state index in [9.17, 15) is 14.0 Å². The molecular weight excluding hydrogens is 323 g/mol. The van der Waals surface area contributed by atoms with Crippen LogP contribution in [0.15, 0.2) is 42.5 Å². The van der Waals surface area contributed by atoms with Gasteiger partial charge in [0, 0.05) is 6.54 Å². The van der Waals surface area contributed by atoms with Crippen molar-refractivity contribution in [2.75, 3.05) is 13.7 Å². The number of nitrogens with zero attached hydrogens (tertiary/aromatic N) is 1. The Morgan fingerprint density at radius 3 is 2.44 bits per heavy atom. The maximum absolute atomic E-state index is 14.5. The number of hydrogen-bond acceptors (Lipinski definition) is 3. The molecule has 25 heavy (non-hydrogen) atoms. The molecule has 0 saturated carbocycles. The molecule has 1 aliphatic rings. The van der Waals surface area contributed by atoms with E-state index in [0.717, 1.165) is 5.56 Å². The molecule has 0 aliphatic carbocycles. The highest BCUT2D eigenvalue weighted by molar-refractivity contribution is 5.98. The molecule has 3 rings (SSSR count). The van der Waals surface area contributed by atoms with Crippen molar-refractivity contribution in [1.82, 2.24) is 4.90 Å². The minimum Gasteiger partial charge on any atom is -0.497 e. The zero-order valence-corrected chi connectivity index (χ0v) is 13.9. The summed E-state index contributed by atoms with van der Waals surface area (Å²) >= 11 is 0. The molecule has 0 spiro atoms. The van der Waals surface area contributed by atoms with Crippen LogP contribution in [0.2, 0.25) is 0 Å². The van der Waals surface area contributed by atoms with Gasteiger partial charge in [-0.15, -0.1) is 0 Å². The molecule has 0 bridgehead atoms. The lowest BCUT2D eigenvalue weighted by Crippen LogP contribution is -2.43. The summed E-state index contributed by atoms with van der Waals surface area (Å²) in [5, 5.41) is 0. The molecular formula is C19H19FN2O3. The molecule has 2 amide bonds. The van der Waals surface area contributed by atoms with Crippen LogP contribution in [0.1, 0.15) is 23.2 Å². The van der Waals surface area contributed by atoms with E-state index in [1.807, 2.05) is 12.1 Å². The third kappa shape index (κ3) is 3.33. The topological polar surface area (TPSA) is 72.6 Å². The van der Waals surface area contributed by atoms with E-state index in [4.69, 9.17) is 10.5 Å². The molecule has 1 atom stereocenters. The minimum atomic E-state index is -0.659. The third-order valence-electron chi connectivity index (χ3n) is 4.46. The molecule has 2 aromatic carbocycles. The maximum Gasteiger partial charge on any atom is 0.257 e. The fraction of sp³-hybridized carbons (Fsp3) is 0.263. The van der Waals surface area contributed by atoms with Crippen molar-refractivity contribution >= 4 is 11.8 Å². The van der Waals surface area contributed by atoms with Crippen LogP contribution in [0.3, 0.4) is 0 Å². The van der Waals surface area contributed by atoms with Gasteiger partial charge in [-0.25, -0.2) is 4.39 Å². The van der Waals surface area contributed by atoms with E-state index in [0.29, 0.717) is 30.7 Å². The summed E-state index contributed by atoms with van der Waals surface area (Å²) < 4.78 is 19.6. The fourth-order valence-corrected chi connectivity index (χ4v) is 3.11. The van der Waals surface area contributed by atoms with Crippen LogP contribution in [0.5, 0.6) is 5.75 Å². The minimum absolute atomic E-state index is 0.0505. The van der Waals surface area contributed by atoms with Crippen molar-refractivity contribution in [3.05, 3.63) is 53.8 Å². The van der Waals surface area contributed by atoms with E-state index in [1.54, 1.807) is 25.3 Å². The van der Waals surface area contributed by atoms with Gasteiger partial charge < -0.3 is 15.4 Å². The highest BCUT2D eigenvalue weighted by atomic mass is 19.1. The Morgan fingerprint density at radius 1 is 1.16 bits per heavy atom. The van der Waals surface area contributed by atoms with Crippen LogP contribution >= 0.6 is 0 Å². The summed E-state index contributed by atoms with van der Waals surface area (Å²) in [6, 6.07) is 11.0. The number of carbonyl (C=O) groups is 2. The van der Waals surface area contributed by atoms with Gasteiger partial charge in [-0.05, 0) is 48.2 Å². The number of benzene rings is 2. The normalized spacial score (nSPS) is 16.7. The molecule has 1 heterocycles. The molecule has 1 aliphatic heterocycles. The van der Waals surface area contributed by atoms with Crippen molar-refractivity contribution in [1.29, 1.82) is 0 Å². The second kappa shape index (κ2) is 6.93. The average Bonchev–Trinajstić information content (AvgIpc) is 3.11. The highest BCUT2D eigenvalue weighted by Gasteiger charge is 2.34. The second-order valence-electron chi connectivity index (χ2n) is 5.98. The number of methoxy groups -OCH3 is 1. The SMILES string of the molecule is COc1ccc(-c2ccc(C(=O)N3CCCC3C(N)=O)c(F)c2)cc1. The van der Waals surface area contributed by atoms with Gasteiger partial charge in [-0.2, -0.15) is 0 Å². The number of hydrogen-bond donors (Lipinski definition) is 1. The number of halogens is 1. The van der Waals surface area contributed by atoms with Gasteiger partial charge in [-0.3, -0.25) is 9.59 Å². The second-order valence-corrected chi connectivity index (χ2v) is 5.98. The maximum atomic E-state index is 14.5. The fourth-order valence-electron chi connectivity index (χ4n) is 3.11. The quantitative estimate of drug-likeness (QED) is 0.928. The van der Waals surface area contributed by atoms with Gasteiger partial charge >= 0.3 is 0 Å². The first kappa shape index (κ1) is 17.0. The summed E-state index contributed by atoms with van der Waals surface area (Å²) in [5.41, 5.74) is 6.75. The van der Waals surface area contributed by atoms with Crippen LogP contribution in [-0.2, 0) is 4.79 Å². The largest absolute Gasteiger partial charge is 0.497 e. The molecule has 1 unspecified atom stereocenters. The Kier molecular flexibility index (Phi) is 4.70. The molecule has 1 fully saturated rings. The van der Waals surface area contributed by atoms with Crippen LogP contribution in [0.4, 0.5) is 4.39 Å². The van der Waals surface area contributed by atoms with Gasteiger partial charge in [-0.1, -0.05) is 18.2 Å². The van der Waals surface area contributed by atoms with Crippen molar-refractivity contribution in [2.45, 2.75) is 18.9 Å². The highest BCUT2D eigenvalue weighted by Crippen LogP contribution is 2.26. The van der Waals surface area contributed by atoms with E-state index in [1.165, 1.54) is 17.0 Å². The van der Waals surface area contributed by atoms with Crippen molar-refractivity contribution in [2.24, 2.45) is 5.73 Å². The smallest absolute Gasteiger partial charge is 0.257 e. The Morgan fingerprint density at radius 2 is 1.84 bits per heavy atom. The van der Waals surface area contributed by atoms with Crippen molar-refractivity contribution in [3.63, 3.8) is 0 Å². The van der Waals surface area contributed by atoms with E-state index < -0.39 is 23.7 Å². The zero-order valence-electron chi connectivity index (χ0n) is 13.9. The lowest BCUT2D eigenvalue weighted by atomic mass is 10.0. The molecule has 2 aromatic rings. The van der Waals surface area contributed by atoms with Crippen LogP contribution < -0.4 is 10.5 Å².